The van der Waals surface area contributed by atoms with E-state index in [1.807, 2.05) is 26.0 Å². The number of aromatic nitrogens is 4. The van der Waals surface area contributed by atoms with Gasteiger partial charge in [0.25, 0.3) is 10.0 Å². The molecule has 10 heteroatoms. The molecule has 1 saturated heterocycles. The Bertz CT molecular complexity index is 1210. The van der Waals surface area contributed by atoms with Gasteiger partial charge in [0.15, 0.2) is 0 Å². The van der Waals surface area contributed by atoms with E-state index in [1.165, 1.54) is 16.9 Å². The van der Waals surface area contributed by atoms with Crippen molar-refractivity contribution >= 4 is 26.9 Å². The molecule has 1 fully saturated rings. The minimum absolute atomic E-state index is 0.231. The summed E-state index contributed by atoms with van der Waals surface area (Å²) in [4.78, 5) is 11.8. The number of hydrogen-bond acceptors (Lipinski definition) is 6. The van der Waals surface area contributed by atoms with Crippen molar-refractivity contribution in [3.05, 3.63) is 41.7 Å². The Morgan fingerprint density at radius 1 is 1.31 bits per heavy atom. The Balaban J connectivity index is 1.85. The summed E-state index contributed by atoms with van der Waals surface area (Å²) in [5.41, 5.74) is 0.767. The van der Waals surface area contributed by atoms with Crippen LogP contribution in [0.15, 0.2) is 35.5 Å². The minimum Gasteiger partial charge on any atom is -0.477 e. The molecule has 3 aromatic rings. The molecular weight excluding hydrogens is 396 g/mol. The lowest BCUT2D eigenvalue weighted by Gasteiger charge is -2.35. The molecule has 0 radical (unpaired) electrons. The summed E-state index contributed by atoms with van der Waals surface area (Å²) in [7, 11) is -2.67. The second-order valence-corrected chi connectivity index (χ2v) is 9.68. The van der Waals surface area contributed by atoms with Gasteiger partial charge in [-0.05, 0) is 56.4 Å². The first-order chi connectivity index (χ1) is 13.6. The predicted molar refractivity (Wildman–Crippen MR) is 104 cm³/mol. The SMILES string of the molecule is Cn1cc(S(=O)(=O)n2c(C(=O)O)cc3cc(C4CCOC(C)(C)C4)ccc32)nn1. The molecule has 0 amide bonds. The number of carboxylic acid groups (broad SMARTS) is 1. The third-order valence-electron chi connectivity index (χ3n) is 5.26. The van der Waals surface area contributed by atoms with E-state index in [0.29, 0.717) is 17.5 Å². The minimum atomic E-state index is -4.21. The van der Waals surface area contributed by atoms with E-state index in [0.717, 1.165) is 22.4 Å². The maximum Gasteiger partial charge on any atom is 0.353 e. The highest BCUT2D eigenvalue weighted by atomic mass is 32.2. The topological polar surface area (TPSA) is 116 Å². The number of aryl methyl sites for hydroxylation is 1. The molecule has 1 aliphatic heterocycles. The van der Waals surface area contributed by atoms with Crippen molar-refractivity contribution in [1.29, 1.82) is 0 Å². The van der Waals surface area contributed by atoms with Crippen LogP contribution in [0.25, 0.3) is 10.9 Å². The lowest BCUT2D eigenvalue weighted by Crippen LogP contribution is -2.32. The van der Waals surface area contributed by atoms with Crippen LogP contribution in [0, 0.1) is 0 Å². The van der Waals surface area contributed by atoms with Gasteiger partial charge in [0.2, 0.25) is 5.03 Å². The standard InChI is InChI=1S/C19H22N4O5S/c1-19(2)10-13(6-7-28-19)12-4-5-15-14(8-12)9-16(18(24)25)23(15)29(26,27)17-11-22(3)21-20-17/h4-5,8-9,11,13H,6-7,10H2,1-3H3,(H,24,25). The van der Waals surface area contributed by atoms with E-state index in [9.17, 15) is 18.3 Å². The van der Waals surface area contributed by atoms with Crippen molar-refractivity contribution < 1.29 is 23.1 Å². The first kappa shape index (κ1) is 19.6. The smallest absolute Gasteiger partial charge is 0.353 e. The largest absolute Gasteiger partial charge is 0.477 e. The van der Waals surface area contributed by atoms with Crippen LogP contribution in [0.1, 0.15) is 48.7 Å². The first-order valence-electron chi connectivity index (χ1n) is 9.23. The second-order valence-electron chi connectivity index (χ2n) is 7.95. The summed E-state index contributed by atoms with van der Waals surface area (Å²) in [5.74, 6) is -1.07. The summed E-state index contributed by atoms with van der Waals surface area (Å²) in [6.45, 7) is 4.74. The van der Waals surface area contributed by atoms with Gasteiger partial charge in [0.1, 0.15) is 5.69 Å². The van der Waals surface area contributed by atoms with Crippen molar-refractivity contribution in [2.75, 3.05) is 6.61 Å². The van der Waals surface area contributed by atoms with Crippen LogP contribution < -0.4 is 0 Å². The maximum absolute atomic E-state index is 13.1. The van der Waals surface area contributed by atoms with Gasteiger partial charge >= 0.3 is 5.97 Å². The van der Waals surface area contributed by atoms with Crippen LogP contribution in [-0.2, 0) is 21.8 Å². The van der Waals surface area contributed by atoms with Crippen LogP contribution in [0.4, 0.5) is 0 Å². The fraction of sp³-hybridized carbons (Fsp3) is 0.421. The molecule has 1 aromatic carbocycles. The molecule has 1 unspecified atom stereocenters. The van der Waals surface area contributed by atoms with Gasteiger partial charge in [-0.15, -0.1) is 5.10 Å². The fourth-order valence-corrected chi connectivity index (χ4v) is 5.35. The number of hydrogen-bond donors (Lipinski definition) is 1. The van der Waals surface area contributed by atoms with Gasteiger partial charge in [-0.25, -0.2) is 8.77 Å². The van der Waals surface area contributed by atoms with Crippen molar-refractivity contribution in [1.82, 2.24) is 19.0 Å². The first-order valence-corrected chi connectivity index (χ1v) is 10.7. The number of fused-ring (bicyclic) bond motifs is 1. The number of carboxylic acids is 1. The van der Waals surface area contributed by atoms with E-state index in [2.05, 4.69) is 10.3 Å². The number of aromatic carboxylic acids is 1. The lowest BCUT2D eigenvalue weighted by atomic mass is 9.83. The molecule has 1 aliphatic rings. The monoisotopic (exact) mass is 418 g/mol. The van der Waals surface area contributed by atoms with E-state index in [4.69, 9.17) is 4.74 Å². The Morgan fingerprint density at radius 3 is 2.69 bits per heavy atom. The van der Waals surface area contributed by atoms with Crippen LogP contribution >= 0.6 is 0 Å². The molecule has 0 spiro atoms. The highest BCUT2D eigenvalue weighted by molar-refractivity contribution is 7.90. The van der Waals surface area contributed by atoms with Crippen LogP contribution in [0.3, 0.4) is 0 Å². The molecule has 1 N–H and O–H groups in total. The van der Waals surface area contributed by atoms with Crippen LogP contribution in [-0.4, -0.2) is 50.7 Å². The lowest BCUT2D eigenvalue weighted by molar-refractivity contribution is -0.0592. The molecule has 1 atom stereocenters. The maximum atomic E-state index is 13.1. The third kappa shape index (κ3) is 3.42. The van der Waals surface area contributed by atoms with Gasteiger partial charge in [0.05, 0.1) is 17.3 Å². The zero-order valence-electron chi connectivity index (χ0n) is 16.4. The predicted octanol–water partition coefficient (Wildman–Crippen LogP) is 2.38. The van der Waals surface area contributed by atoms with Crippen molar-refractivity contribution in [3.63, 3.8) is 0 Å². The fourth-order valence-electron chi connectivity index (χ4n) is 3.92. The van der Waals surface area contributed by atoms with Crippen molar-refractivity contribution in [3.8, 4) is 0 Å². The highest BCUT2D eigenvalue weighted by Crippen LogP contribution is 2.37. The molecule has 29 heavy (non-hydrogen) atoms. The van der Waals surface area contributed by atoms with Gasteiger partial charge in [0, 0.05) is 19.0 Å². The third-order valence-corrected chi connectivity index (χ3v) is 6.85. The Hall–Kier alpha value is -2.72. The molecule has 154 valence electrons. The molecule has 4 rings (SSSR count). The molecule has 2 aromatic heterocycles. The second kappa shape index (κ2) is 6.67. The van der Waals surface area contributed by atoms with Gasteiger partial charge < -0.3 is 9.84 Å². The van der Waals surface area contributed by atoms with Crippen LogP contribution in [0.2, 0.25) is 0 Å². The molecule has 0 saturated carbocycles. The number of nitrogens with zero attached hydrogens (tertiary/aromatic N) is 4. The summed E-state index contributed by atoms with van der Waals surface area (Å²) in [5, 5.41) is 17.2. The van der Waals surface area contributed by atoms with Crippen molar-refractivity contribution in [2.24, 2.45) is 7.05 Å². The Labute approximate surface area is 167 Å². The number of benzene rings is 1. The van der Waals surface area contributed by atoms with Gasteiger partial charge in [-0.2, -0.15) is 8.42 Å². The summed E-state index contributed by atoms with van der Waals surface area (Å²) >= 11 is 0. The van der Waals surface area contributed by atoms with Gasteiger partial charge in [-0.3, -0.25) is 4.68 Å². The average molecular weight is 418 g/mol. The Morgan fingerprint density at radius 2 is 2.07 bits per heavy atom. The van der Waals surface area contributed by atoms with Gasteiger partial charge in [-0.1, -0.05) is 11.3 Å². The number of rotatable bonds is 4. The number of ether oxygens (including phenoxy) is 1. The number of carbonyl (C=O) groups is 1. The summed E-state index contributed by atoms with van der Waals surface area (Å²) < 4.78 is 34.0. The Kier molecular flexibility index (Phi) is 4.50. The average Bonchev–Trinajstić information content (AvgIpc) is 3.24. The van der Waals surface area contributed by atoms with E-state index in [-0.39, 0.29) is 22.2 Å². The summed E-state index contributed by atoms with van der Waals surface area (Å²) in [6.07, 6.45) is 2.94. The zero-order valence-corrected chi connectivity index (χ0v) is 17.2. The zero-order chi connectivity index (χ0) is 21.0. The van der Waals surface area contributed by atoms with Crippen molar-refractivity contribution in [2.45, 2.75) is 43.2 Å². The van der Waals surface area contributed by atoms with Crippen LogP contribution in [0.5, 0.6) is 0 Å². The molecule has 0 aliphatic carbocycles. The normalized spacial score (nSPS) is 19.5. The quantitative estimate of drug-likeness (QED) is 0.691. The molecular formula is C19H22N4O5S. The van der Waals surface area contributed by atoms with E-state index < -0.39 is 16.0 Å². The highest BCUT2D eigenvalue weighted by Gasteiger charge is 2.31. The van der Waals surface area contributed by atoms with E-state index >= 15 is 0 Å². The van der Waals surface area contributed by atoms with E-state index in [1.54, 1.807) is 13.1 Å². The molecule has 0 bridgehead atoms. The summed E-state index contributed by atoms with van der Waals surface area (Å²) in [6, 6.07) is 6.78. The molecule has 9 nitrogen and oxygen atoms in total. The molecule has 3 heterocycles.